The van der Waals surface area contributed by atoms with Crippen molar-refractivity contribution in [2.75, 3.05) is 0 Å². The van der Waals surface area contributed by atoms with E-state index in [-0.39, 0.29) is 16.9 Å². The highest BCUT2D eigenvalue weighted by Crippen LogP contribution is 2.19. The van der Waals surface area contributed by atoms with E-state index in [0.29, 0.717) is 0 Å². The molecule has 0 aliphatic heterocycles. The number of pyridine rings is 1. The van der Waals surface area contributed by atoms with Gasteiger partial charge in [-0.1, -0.05) is 0 Å². The van der Waals surface area contributed by atoms with Crippen molar-refractivity contribution in [1.29, 1.82) is 0 Å². The Morgan fingerprint density at radius 2 is 2.20 bits per heavy atom. The fraction of sp³-hybridized carbons (Fsp3) is 0.286. The van der Waals surface area contributed by atoms with E-state index < -0.39 is 20.7 Å². The van der Waals surface area contributed by atoms with E-state index in [2.05, 4.69) is 4.98 Å². The summed E-state index contributed by atoms with van der Waals surface area (Å²) in [6.07, 6.45) is 1.19. The van der Waals surface area contributed by atoms with Gasteiger partial charge in [0.15, 0.2) is 0 Å². The van der Waals surface area contributed by atoms with Crippen LogP contribution in [0.3, 0.4) is 0 Å². The minimum atomic E-state index is -3.73. The number of nitrogens with zero attached hydrogens (tertiary/aromatic N) is 2. The largest absolute Gasteiger partial charge is 0.275 e. The molecule has 0 saturated heterocycles. The first-order valence-corrected chi connectivity index (χ1v) is 5.62. The van der Waals surface area contributed by atoms with Crippen molar-refractivity contribution >= 4 is 15.7 Å². The number of primary sulfonamides is 1. The average molecular weight is 231 g/mol. The van der Waals surface area contributed by atoms with Crippen LogP contribution in [0, 0.1) is 17.0 Å². The molecule has 0 bridgehead atoms. The molecule has 15 heavy (non-hydrogen) atoms. The molecule has 2 N–H and O–H groups in total. The number of aromatic nitrogens is 1. The van der Waals surface area contributed by atoms with Crippen molar-refractivity contribution < 1.29 is 13.3 Å². The highest BCUT2D eigenvalue weighted by molar-refractivity contribution is 7.88. The van der Waals surface area contributed by atoms with E-state index in [4.69, 9.17) is 5.14 Å². The maximum atomic E-state index is 10.8. The second kappa shape index (κ2) is 3.91. The normalized spacial score (nSPS) is 11.3. The Hall–Kier alpha value is -1.54. The number of nitrogens with two attached hydrogens (primary N) is 1. The van der Waals surface area contributed by atoms with Gasteiger partial charge in [0.05, 0.1) is 10.6 Å². The average Bonchev–Trinajstić information content (AvgIpc) is 2.05. The standard InChI is InChI=1S/C7H9N3O4S/c1-5-6(4-15(8,13)14)9-3-2-7(5)10(11)12/h2-3H,4H2,1H3,(H2,8,13,14). The van der Waals surface area contributed by atoms with Crippen molar-refractivity contribution in [1.82, 2.24) is 4.98 Å². The Balaban J connectivity index is 3.22. The number of hydrogen-bond donors (Lipinski definition) is 1. The third-order valence-electron chi connectivity index (χ3n) is 1.81. The quantitative estimate of drug-likeness (QED) is 0.584. The second-order valence-corrected chi connectivity index (χ2v) is 4.58. The topological polar surface area (TPSA) is 116 Å². The minimum Gasteiger partial charge on any atom is -0.259 e. The lowest BCUT2D eigenvalue weighted by Gasteiger charge is -2.03. The zero-order chi connectivity index (χ0) is 11.6. The van der Waals surface area contributed by atoms with Crippen molar-refractivity contribution in [3.63, 3.8) is 0 Å². The molecule has 82 valence electrons. The Morgan fingerprint density at radius 3 is 2.67 bits per heavy atom. The van der Waals surface area contributed by atoms with E-state index >= 15 is 0 Å². The van der Waals surface area contributed by atoms with Gasteiger partial charge >= 0.3 is 0 Å². The molecule has 0 saturated carbocycles. The van der Waals surface area contributed by atoms with Gasteiger partial charge in [0, 0.05) is 17.8 Å². The molecule has 0 amide bonds. The van der Waals surface area contributed by atoms with Crippen molar-refractivity contribution in [3.05, 3.63) is 33.6 Å². The van der Waals surface area contributed by atoms with Crippen LogP contribution < -0.4 is 5.14 Å². The number of nitro groups is 1. The van der Waals surface area contributed by atoms with Gasteiger partial charge in [0.2, 0.25) is 10.0 Å². The molecule has 0 fully saturated rings. The lowest BCUT2D eigenvalue weighted by atomic mass is 10.2. The molecule has 7 nitrogen and oxygen atoms in total. The SMILES string of the molecule is Cc1c([N+](=O)[O-])ccnc1CS(N)(=O)=O. The van der Waals surface area contributed by atoms with Gasteiger partial charge in [-0.15, -0.1) is 0 Å². The highest BCUT2D eigenvalue weighted by Gasteiger charge is 2.17. The zero-order valence-corrected chi connectivity index (χ0v) is 8.69. The summed E-state index contributed by atoms with van der Waals surface area (Å²) in [7, 11) is -3.73. The van der Waals surface area contributed by atoms with Gasteiger partial charge in [0.25, 0.3) is 5.69 Å². The summed E-state index contributed by atoms with van der Waals surface area (Å²) in [6, 6.07) is 1.21. The Kier molecular flexibility index (Phi) is 3.01. The number of hydrogen-bond acceptors (Lipinski definition) is 5. The van der Waals surface area contributed by atoms with Gasteiger partial charge < -0.3 is 0 Å². The summed E-state index contributed by atoms with van der Waals surface area (Å²) in [6.45, 7) is 1.44. The predicted octanol–water partition coefficient (Wildman–Crippen LogP) is 0.0867. The second-order valence-electron chi connectivity index (χ2n) is 2.97. The van der Waals surface area contributed by atoms with Crippen LogP contribution in [0.25, 0.3) is 0 Å². The summed E-state index contributed by atoms with van der Waals surface area (Å²) in [5, 5.41) is 15.4. The maximum absolute atomic E-state index is 10.8. The van der Waals surface area contributed by atoms with Crippen molar-refractivity contribution in [2.45, 2.75) is 12.7 Å². The van der Waals surface area contributed by atoms with Crippen LogP contribution in [0.1, 0.15) is 11.3 Å². The molecule has 0 atom stereocenters. The number of sulfonamides is 1. The molecule has 0 spiro atoms. The van der Waals surface area contributed by atoms with Crippen LogP contribution in [0.4, 0.5) is 5.69 Å². The molecule has 0 aliphatic rings. The van der Waals surface area contributed by atoms with E-state index in [1.54, 1.807) is 0 Å². The first kappa shape index (κ1) is 11.5. The fourth-order valence-electron chi connectivity index (χ4n) is 1.10. The molecule has 0 radical (unpaired) electrons. The third-order valence-corrected chi connectivity index (χ3v) is 2.49. The first-order chi connectivity index (χ1) is 6.81. The van der Waals surface area contributed by atoms with Crippen LogP contribution in [-0.2, 0) is 15.8 Å². The molecule has 0 aliphatic carbocycles. The molecular weight excluding hydrogens is 222 g/mol. The van der Waals surface area contributed by atoms with Gasteiger partial charge in [-0.3, -0.25) is 15.1 Å². The smallest absolute Gasteiger partial charge is 0.259 e. The molecule has 1 rings (SSSR count). The first-order valence-electron chi connectivity index (χ1n) is 3.90. The van der Waals surface area contributed by atoms with Crippen LogP contribution >= 0.6 is 0 Å². The molecule has 1 aromatic rings. The lowest BCUT2D eigenvalue weighted by molar-refractivity contribution is -0.385. The molecular formula is C7H9N3O4S. The van der Waals surface area contributed by atoms with Crippen LogP contribution in [0.2, 0.25) is 0 Å². The van der Waals surface area contributed by atoms with E-state index in [1.165, 1.54) is 19.2 Å². The monoisotopic (exact) mass is 231 g/mol. The summed E-state index contributed by atoms with van der Waals surface area (Å²) in [5.74, 6) is -0.499. The summed E-state index contributed by atoms with van der Waals surface area (Å²) in [4.78, 5) is 13.7. The molecule has 0 aromatic carbocycles. The Labute approximate surface area is 86.1 Å². The molecule has 1 aromatic heterocycles. The van der Waals surface area contributed by atoms with Gasteiger partial charge in [0.1, 0.15) is 5.75 Å². The van der Waals surface area contributed by atoms with Crippen LogP contribution in [0.5, 0.6) is 0 Å². The zero-order valence-electron chi connectivity index (χ0n) is 7.87. The van der Waals surface area contributed by atoms with Crippen molar-refractivity contribution in [3.8, 4) is 0 Å². The lowest BCUT2D eigenvalue weighted by Crippen LogP contribution is -2.16. The van der Waals surface area contributed by atoms with Crippen LogP contribution in [-0.4, -0.2) is 18.3 Å². The van der Waals surface area contributed by atoms with Gasteiger partial charge in [-0.2, -0.15) is 0 Å². The molecule has 8 heteroatoms. The Bertz CT molecular complexity index is 497. The maximum Gasteiger partial charge on any atom is 0.275 e. The highest BCUT2D eigenvalue weighted by atomic mass is 32.2. The summed E-state index contributed by atoms with van der Waals surface area (Å²) < 4.78 is 21.6. The van der Waals surface area contributed by atoms with Crippen molar-refractivity contribution in [2.24, 2.45) is 5.14 Å². The summed E-state index contributed by atoms with van der Waals surface area (Å²) >= 11 is 0. The predicted molar refractivity (Wildman–Crippen MR) is 52.4 cm³/mol. The van der Waals surface area contributed by atoms with Gasteiger partial charge in [-0.05, 0) is 6.92 Å². The van der Waals surface area contributed by atoms with E-state index in [9.17, 15) is 18.5 Å². The Morgan fingerprint density at radius 1 is 1.60 bits per heavy atom. The summed E-state index contributed by atoms with van der Waals surface area (Å²) in [5.41, 5.74) is 0.159. The fourth-order valence-corrected chi connectivity index (χ4v) is 1.77. The minimum absolute atomic E-state index is 0.103. The molecule has 1 heterocycles. The van der Waals surface area contributed by atoms with E-state index in [1.807, 2.05) is 0 Å². The van der Waals surface area contributed by atoms with Crippen LogP contribution in [0.15, 0.2) is 12.3 Å². The molecule has 0 unspecified atom stereocenters. The number of rotatable bonds is 3. The third kappa shape index (κ3) is 2.96. The van der Waals surface area contributed by atoms with E-state index in [0.717, 1.165) is 0 Å². The van der Waals surface area contributed by atoms with Gasteiger partial charge in [-0.25, -0.2) is 13.6 Å².